The Morgan fingerprint density at radius 3 is 2.58 bits per heavy atom. The van der Waals surface area contributed by atoms with E-state index in [0.717, 1.165) is 11.6 Å². The standard InChI is InChI=1S/C17H11ClF3N3O2/c18-12-3-1-10(2-4-12)9-22-24-16(25)15-8-11-7-13(26-17(19,20)21)5-6-14(11)23-15/h1-9,23H,(H,24,25). The summed E-state index contributed by atoms with van der Waals surface area (Å²) in [6, 6.07) is 12.0. The number of carbonyl (C=O) groups excluding carboxylic acids is 1. The number of hydrogen-bond acceptors (Lipinski definition) is 3. The van der Waals surface area contributed by atoms with Crippen molar-refractivity contribution in [1.82, 2.24) is 10.4 Å². The predicted octanol–water partition coefficient (Wildman–Crippen LogP) is 4.48. The molecule has 5 nitrogen and oxygen atoms in total. The molecule has 3 rings (SSSR count). The number of amides is 1. The van der Waals surface area contributed by atoms with E-state index >= 15 is 0 Å². The van der Waals surface area contributed by atoms with Gasteiger partial charge in [-0.05, 0) is 42.0 Å². The fraction of sp³-hybridized carbons (Fsp3) is 0.0588. The zero-order valence-electron chi connectivity index (χ0n) is 13.0. The Bertz CT molecular complexity index is 966. The number of ether oxygens (including phenoxy) is 1. The summed E-state index contributed by atoms with van der Waals surface area (Å²) in [6.45, 7) is 0. The van der Waals surface area contributed by atoms with Crippen LogP contribution in [-0.2, 0) is 0 Å². The molecule has 26 heavy (non-hydrogen) atoms. The van der Waals surface area contributed by atoms with Crippen LogP contribution in [0.1, 0.15) is 16.1 Å². The van der Waals surface area contributed by atoms with E-state index in [0.29, 0.717) is 15.9 Å². The van der Waals surface area contributed by atoms with Crippen LogP contribution >= 0.6 is 11.6 Å². The monoisotopic (exact) mass is 381 g/mol. The van der Waals surface area contributed by atoms with Crippen LogP contribution in [0, 0.1) is 0 Å². The van der Waals surface area contributed by atoms with Gasteiger partial charge < -0.3 is 9.72 Å². The van der Waals surface area contributed by atoms with Gasteiger partial charge in [-0.3, -0.25) is 4.79 Å². The number of fused-ring (bicyclic) bond motifs is 1. The first-order chi connectivity index (χ1) is 12.3. The summed E-state index contributed by atoms with van der Waals surface area (Å²) < 4.78 is 40.6. The highest BCUT2D eigenvalue weighted by atomic mass is 35.5. The van der Waals surface area contributed by atoms with Gasteiger partial charge in [-0.1, -0.05) is 23.7 Å². The number of carbonyl (C=O) groups is 1. The number of nitrogens with one attached hydrogen (secondary N) is 2. The molecule has 134 valence electrons. The number of halogens is 4. The molecule has 0 radical (unpaired) electrons. The van der Waals surface area contributed by atoms with Gasteiger partial charge in [-0.2, -0.15) is 5.10 Å². The zero-order chi connectivity index (χ0) is 18.7. The van der Waals surface area contributed by atoms with E-state index in [1.807, 2.05) is 0 Å². The van der Waals surface area contributed by atoms with Crippen molar-refractivity contribution < 1.29 is 22.7 Å². The maximum Gasteiger partial charge on any atom is 0.573 e. The Labute approximate surface area is 150 Å². The molecule has 0 saturated carbocycles. The molecule has 0 aliphatic carbocycles. The second-order valence-electron chi connectivity index (χ2n) is 5.23. The molecule has 2 N–H and O–H groups in total. The highest BCUT2D eigenvalue weighted by Crippen LogP contribution is 2.26. The number of alkyl halides is 3. The third-order valence-corrected chi connectivity index (χ3v) is 3.57. The topological polar surface area (TPSA) is 66.5 Å². The summed E-state index contributed by atoms with van der Waals surface area (Å²) in [5.41, 5.74) is 3.71. The van der Waals surface area contributed by atoms with Gasteiger partial charge in [-0.15, -0.1) is 13.2 Å². The minimum absolute atomic E-state index is 0.150. The number of nitrogens with zero attached hydrogens (tertiary/aromatic N) is 1. The highest BCUT2D eigenvalue weighted by Gasteiger charge is 2.31. The minimum Gasteiger partial charge on any atom is -0.406 e. The van der Waals surface area contributed by atoms with Gasteiger partial charge in [0.2, 0.25) is 0 Å². The maximum atomic E-state index is 12.3. The fourth-order valence-corrected chi connectivity index (χ4v) is 2.33. The molecule has 1 heterocycles. The van der Waals surface area contributed by atoms with Crippen molar-refractivity contribution in [1.29, 1.82) is 0 Å². The van der Waals surface area contributed by atoms with Gasteiger partial charge in [0.15, 0.2) is 0 Å². The molecule has 1 amide bonds. The molecular formula is C17H11ClF3N3O2. The van der Waals surface area contributed by atoms with E-state index in [1.165, 1.54) is 24.4 Å². The zero-order valence-corrected chi connectivity index (χ0v) is 13.7. The van der Waals surface area contributed by atoms with Crippen LogP contribution in [0.15, 0.2) is 53.6 Å². The first-order valence-electron chi connectivity index (χ1n) is 7.28. The molecule has 0 spiro atoms. The molecule has 0 unspecified atom stereocenters. The Hall–Kier alpha value is -3.00. The SMILES string of the molecule is O=C(NN=Cc1ccc(Cl)cc1)c1cc2cc(OC(F)(F)F)ccc2[nH]1. The van der Waals surface area contributed by atoms with Crippen molar-refractivity contribution in [3.8, 4) is 5.75 Å². The van der Waals surface area contributed by atoms with E-state index in [1.54, 1.807) is 24.3 Å². The number of aromatic amines is 1. The molecular weight excluding hydrogens is 371 g/mol. The lowest BCUT2D eigenvalue weighted by Gasteiger charge is -2.08. The van der Waals surface area contributed by atoms with Crippen LogP contribution in [0.4, 0.5) is 13.2 Å². The average molecular weight is 382 g/mol. The van der Waals surface area contributed by atoms with Crippen molar-refractivity contribution in [2.75, 3.05) is 0 Å². The third-order valence-electron chi connectivity index (χ3n) is 3.32. The largest absolute Gasteiger partial charge is 0.573 e. The van der Waals surface area contributed by atoms with Crippen LogP contribution in [0.3, 0.4) is 0 Å². The Balaban J connectivity index is 1.71. The third kappa shape index (κ3) is 4.54. The molecule has 0 aliphatic heterocycles. The summed E-state index contributed by atoms with van der Waals surface area (Å²) in [6.07, 6.45) is -3.34. The van der Waals surface area contributed by atoms with Gasteiger partial charge >= 0.3 is 6.36 Å². The number of hydrogen-bond donors (Lipinski definition) is 2. The van der Waals surface area contributed by atoms with Crippen LogP contribution in [0.2, 0.25) is 5.02 Å². The quantitative estimate of drug-likeness (QED) is 0.516. The highest BCUT2D eigenvalue weighted by molar-refractivity contribution is 6.30. The van der Waals surface area contributed by atoms with Crippen molar-refractivity contribution in [3.05, 3.63) is 64.8 Å². The number of benzene rings is 2. The molecule has 1 aromatic heterocycles. The molecule has 3 aromatic rings. The number of hydrazone groups is 1. The lowest BCUT2D eigenvalue weighted by atomic mass is 10.2. The maximum absolute atomic E-state index is 12.3. The summed E-state index contributed by atoms with van der Waals surface area (Å²) in [7, 11) is 0. The normalized spacial score (nSPS) is 11.8. The summed E-state index contributed by atoms with van der Waals surface area (Å²) >= 11 is 5.77. The second kappa shape index (κ2) is 7.09. The molecule has 0 bridgehead atoms. The summed E-state index contributed by atoms with van der Waals surface area (Å²) in [4.78, 5) is 14.9. The van der Waals surface area contributed by atoms with Gasteiger partial charge in [0, 0.05) is 15.9 Å². The molecule has 9 heteroatoms. The van der Waals surface area contributed by atoms with Crippen LogP contribution in [0.25, 0.3) is 10.9 Å². The number of rotatable bonds is 4. The van der Waals surface area contributed by atoms with Gasteiger partial charge in [0.25, 0.3) is 5.91 Å². The van der Waals surface area contributed by atoms with E-state index in [4.69, 9.17) is 11.6 Å². The van der Waals surface area contributed by atoms with Crippen molar-refractivity contribution >= 4 is 34.6 Å². The molecule has 0 fully saturated rings. The smallest absolute Gasteiger partial charge is 0.406 e. The predicted molar refractivity (Wildman–Crippen MR) is 91.5 cm³/mol. The number of aromatic nitrogens is 1. The van der Waals surface area contributed by atoms with E-state index < -0.39 is 12.3 Å². The molecule has 0 atom stereocenters. The van der Waals surface area contributed by atoms with Crippen LogP contribution in [-0.4, -0.2) is 23.5 Å². The molecule has 0 saturated heterocycles. The molecule has 0 aliphatic rings. The van der Waals surface area contributed by atoms with E-state index in [-0.39, 0.29) is 11.4 Å². The second-order valence-corrected chi connectivity index (χ2v) is 5.67. The van der Waals surface area contributed by atoms with Crippen molar-refractivity contribution in [3.63, 3.8) is 0 Å². The Kier molecular flexibility index (Phi) is 4.85. The fourth-order valence-electron chi connectivity index (χ4n) is 2.20. The summed E-state index contributed by atoms with van der Waals surface area (Å²) in [5, 5.41) is 4.81. The van der Waals surface area contributed by atoms with Gasteiger partial charge in [0.05, 0.1) is 6.21 Å². The minimum atomic E-state index is -4.78. The lowest BCUT2D eigenvalue weighted by Crippen LogP contribution is -2.17. The van der Waals surface area contributed by atoms with E-state index in [2.05, 4.69) is 20.2 Å². The van der Waals surface area contributed by atoms with E-state index in [9.17, 15) is 18.0 Å². The Morgan fingerprint density at radius 2 is 1.88 bits per heavy atom. The average Bonchev–Trinajstić information content (AvgIpc) is 2.98. The van der Waals surface area contributed by atoms with Crippen LogP contribution < -0.4 is 10.2 Å². The van der Waals surface area contributed by atoms with Gasteiger partial charge in [0.1, 0.15) is 11.4 Å². The van der Waals surface area contributed by atoms with Crippen molar-refractivity contribution in [2.24, 2.45) is 5.10 Å². The molecule has 2 aromatic carbocycles. The van der Waals surface area contributed by atoms with Crippen LogP contribution in [0.5, 0.6) is 5.75 Å². The van der Waals surface area contributed by atoms with Crippen molar-refractivity contribution in [2.45, 2.75) is 6.36 Å². The van der Waals surface area contributed by atoms with Gasteiger partial charge in [-0.25, -0.2) is 5.43 Å². The first kappa shape index (κ1) is 17.8. The summed E-state index contributed by atoms with van der Waals surface area (Å²) in [5.74, 6) is -0.901. The lowest BCUT2D eigenvalue weighted by molar-refractivity contribution is -0.274. The Morgan fingerprint density at radius 1 is 1.15 bits per heavy atom. The first-order valence-corrected chi connectivity index (χ1v) is 7.65. The number of H-pyrrole nitrogens is 1.